The van der Waals surface area contributed by atoms with E-state index in [-0.39, 0.29) is 23.8 Å². The van der Waals surface area contributed by atoms with Crippen LogP contribution in [0.1, 0.15) is 32.4 Å². The summed E-state index contributed by atoms with van der Waals surface area (Å²) in [5.74, 6) is -0.245. The lowest BCUT2D eigenvalue weighted by molar-refractivity contribution is 0.280. The van der Waals surface area contributed by atoms with Crippen LogP contribution in [0.15, 0.2) is 24.3 Å². The highest BCUT2D eigenvalue weighted by atomic mass is 19.1. The maximum Gasteiger partial charge on any atom is 0.123 e. The second kappa shape index (κ2) is 5.09. The first-order chi connectivity index (χ1) is 7.45. The summed E-state index contributed by atoms with van der Waals surface area (Å²) in [6.45, 7) is 6.45. The van der Waals surface area contributed by atoms with Gasteiger partial charge < -0.3 is 0 Å². The topological polar surface area (TPSA) is 35.8 Å². The van der Waals surface area contributed by atoms with E-state index in [2.05, 4.69) is 26.1 Å². The Morgan fingerprint density at radius 3 is 2.62 bits per heavy atom. The Hall–Kier alpha value is -1.40. The summed E-state index contributed by atoms with van der Waals surface area (Å²) in [6.07, 6.45) is 0. The van der Waals surface area contributed by atoms with Crippen molar-refractivity contribution in [1.29, 1.82) is 5.26 Å². The number of hydrogen-bond acceptors (Lipinski definition) is 2. The first-order valence-electron chi connectivity index (χ1n) is 5.31. The number of hydrogen-bond donors (Lipinski definition) is 1. The number of nitrogens with one attached hydrogen (secondary N) is 1. The quantitative estimate of drug-likeness (QED) is 0.795. The Morgan fingerprint density at radius 2 is 2.12 bits per heavy atom. The van der Waals surface area contributed by atoms with Crippen LogP contribution in [0.5, 0.6) is 0 Å². The molecule has 16 heavy (non-hydrogen) atoms. The molecule has 1 N–H and O–H groups in total. The van der Waals surface area contributed by atoms with Gasteiger partial charge in [0.25, 0.3) is 0 Å². The fraction of sp³-hybridized carbons (Fsp3) is 0.462. The molecular weight excluding hydrogens is 203 g/mol. The SMILES string of the molecule is CC(C)(C)[C@H](NCC#N)c1cccc(F)c1. The number of halogens is 1. The van der Waals surface area contributed by atoms with E-state index in [0.717, 1.165) is 5.56 Å². The van der Waals surface area contributed by atoms with Crippen molar-refractivity contribution in [2.24, 2.45) is 5.41 Å². The Kier molecular flexibility index (Phi) is 4.03. The normalized spacial score (nSPS) is 13.2. The smallest absolute Gasteiger partial charge is 0.123 e. The molecule has 1 atom stereocenters. The largest absolute Gasteiger partial charge is 0.297 e. The van der Waals surface area contributed by atoms with Gasteiger partial charge in [-0.2, -0.15) is 5.26 Å². The lowest BCUT2D eigenvalue weighted by Crippen LogP contribution is -2.32. The minimum absolute atomic E-state index is 0.0251. The Morgan fingerprint density at radius 1 is 1.44 bits per heavy atom. The number of nitriles is 1. The van der Waals surface area contributed by atoms with Crippen LogP contribution in [0, 0.1) is 22.6 Å². The lowest BCUT2D eigenvalue weighted by atomic mass is 9.82. The van der Waals surface area contributed by atoms with Gasteiger partial charge in [-0.05, 0) is 23.1 Å². The molecule has 0 spiro atoms. The van der Waals surface area contributed by atoms with Crippen LogP contribution >= 0.6 is 0 Å². The van der Waals surface area contributed by atoms with E-state index in [9.17, 15) is 4.39 Å². The van der Waals surface area contributed by atoms with Crippen molar-refractivity contribution >= 4 is 0 Å². The molecule has 0 saturated carbocycles. The maximum atomic E-state index is 13.1. The zero-order valence-corrected chi connectivity index (χ0v) is 9.92. The monoisotopic (exact) mass is 220 g/mol. The van der Waals surface area contributed by atoms with E-state index in [4.69, 9.17) is 5.26 Å². The summed E-state index contributed by atoms with van der Waals surface area (Å²) in [5.41, 5.74) is 0.813. The van der Waals surface area contributed by atoms with Crippen LogP contribution in [0.3, 0.4) is 0 Å². The summed E-state index contributed by atoms with van der Waals surface area (Å²) in [4.78, 5) is 0. The highest BCUT2D eigenvalue weighted by Gasteiger charge is 2.25. The zero-order valence-electron chi connectivity index (χ0n) is 9.92. The molecule has 0 aliphatic carbocycles. The van der Waals surface area contributed by atoms with Gasteiger partial charge in [-0.3, -0.25) is 5.32 Å². The third-order valence-electron chi connectivity index (χ3n) is 2.43. The fourth-order valence-electron chi connectivity index (χ4n) is 1.76. The van der Waals surface area contributed by atoms with Crippen LogP contribution in [-0.2, 0) is 0 Å². The zero-order chi connectivity index (χ0) is 12.2. The summed E-state index contributed by atoms with van der Waals surface area (Å²) in [5, 5.41) is 11.7. The molecule has 1 aromatic carbocycles. The number of rotatable bonds is 3. The predicted molar refractivity (Wildman–Crippen MR) is 62.2 cm³/mol. The van der Waals surface area contributed by atoms with Gasteiger partial charge in [0.1, 0.15) is 5.82 Å². The van der Waals surface area contributed by atoms with Crippen LogP contribution in [0.25, 0.3) is 0 Å². The second-order valence-corrected chi connectivity index (χ2v) is 4.89. The molecule has 0 heterocycles. The Bertz CT molecular complexity index is 388. The molecule has 0 fully saturated rings. The van der Waals surface area contributed by atoms with E-state index in [1.807, 2.05) is 12.1 Å². The molecule has 3 heteroatoms. The van der Waals surface area contributed by atoms with Crippen molar-refractivity contribution in [2.45, 2.75) is 26.8 Å². The molecule has 0 unspecified atom stereocenters. The molecule has 2 nitrogen and oxygen atoms in total. The Balaban J connectivity index is 2.97. The van der Waals surface area contributed by atoms with Crippen molar-refractivity contribution in [3.05, 3.63) is 35.6 Å². The maximum absolute atomic E-state index is 13.1. The van der Waals surface area contributed by atoms with Gasteiger partial charge >= 0.3 is 0 Å². The number of nitrogens with zero attached hydrogens (tertiary/aromatic N) is 1. The highest BCUT2D eigenvalue weighted by Crippen LogP contribution is 2.32. The van der Waals surface area contributed by atoms with Crippen LogP contribution in [-0.4, -0.2) is 6.54 Å². The summed E-state index contributed by atoms with van der Waals surface area (Å²) in [7, 11) is 0. The Labute approximate surface area is 96.1 Å². The van der Waals surface area contributed by atoms with Gasteiger partial charge in [0.05, 0.1) is 12.6 Å². The second-order valence-electron chi connectivity index (χ2n) is 4.89. The van der Waals surface area contributed by atoms with Gasteiger partial charge in [-0.15, -0.1) is 0 Å². The molecule has 86 valence electrons. The molecular formula is C13H17FN2. The molecule has 0 bridgehead atoms. The van der Waals surface area contributed by atoms with Gasteiger partial charge in [0, 0.05) is 6.04 Å². The van der Waals surface area contributed by atoms with E-state index < -0.39 is 0 Å². The van der Waals surface area contributed by atoms with Crippen molar-refractivity contribution in [3.63, 3.8) is 0 Å². The highest BCUT2D eigenvalue weighted by molar-refractivity contribution is 5.22. The van der Waals surface area contributed by atoms with Crippen molar-refractivity contribution in [3.8, 4) is 6.07 Å². The van der Waals surface area contributed by atoms with Crippen LogP contribution in [0.4, 0.5) is 4.39 Å². The first kappa shape index (κ1) is 12.7. The van der Waals surface area contributed by atoms with E-state index in [1.54, 1.807) is 6.07 Å². The average Bonchev–Trinajstić information content (AvgIpc) is 2.16. The molecule has 0 amide bonds. The fourth-order valence-corrected chi connectivity index (χ4v) is 1.76. The third kappa shape index (κ3) is 3.32. The predicted octanol–water partition coefficient (Wildman–Crippen LogP) is 3.03. The van der Waals surface area contributed by atoms with E-state index in [1.165, 1.54) is 12.1 Å². The van der Waals surface area contributed by atoms with Crippen LogP contribution < -0.4 is 5.32 Å². The molecule has 1 rings (SSSR count). The minimum Gasteiger partial charge on any atom is -0.297 e. The van der Waals surface area contributed by atoms with Gasteiger partial charge in [0.2, 0.25) is 0 Å². The molecule has 0 aliphatic heterocycles. The third-order valence-corrected chi connectivity index (χ3v) is 2.43. The van der Waals surface area contributed by atoms with Gasteiger partial charge in [-0.1, -0.05) is 32.9 Å². The molecule has 0 aromatic heterocycles. The van der Waals surface area contributed by atoms with Gasteiger partial charge in [0.15, 0.2) is 0 Å². The van der Waals surface area contributed by atoms with Crippen molar-refractivity contribution < 1.29 is 4.39 Å². The number of benzene rings is 1. The van der Waals surface area contributed by atoms with Gasteiger partial charge in [-0.25, -0.2) is 4.39 Å². The summed E-state index contributed by atoms with van der Waals surface area (Å²) >= 11 is 0. The first-order valence-corrected chi connectivity index (χ1v) is 5.31. The van der Waals surface area contributed by atoms with E-state index in [0.29, 0.717) is 0 Å². The van der Waals surface area contributed by atoms with Crippen molar-refractivity contribution in [1.82, 2.24) is 5.32 Å². The van der Waals surface area contributed by atoms with Crippen LogP contribution in [0.2, 0.25) is 0 Å². The molecule has 0 saturated heterocycles. The lowest BCUT2D eigenvalue weighted by Gasteiger charge is -2.31. The molecule has 1 aromatic rings. The summed E-state index contributed by atoms with van der Waals surface area (Å²) < 4.78 is 13.1. The molecule has 0 radical (unpaired) electrons. The molecule has 0 aliphatic rings. The van der Waals surface area contributed by atoms with E-state index >= 15 is 0 Å². The summed E-state index contributed by atoms with van der Waals surface area (Å²) in [6, 6.07) is 8.53. The van der Waals surface area contributed by atoms with Crippen molar-refractivity contribution in [2.75, 3.05) is 6.54 Å². The minimum atomic E-state index is -0.245. The average molecular weight is 220 g/mol. The standard InChI is InChI=1S/C13H17FN2/c1-13(2,3)12(16-8-7-15)10-5-4-6-11(14)9-10/h4-6,9,12,16H,8H2,1-3H3/t12-/m1/s1.